The summed E-state index contributed by atoms with van der Waals surface area (Å²) >= 11 is 11.9. The largest absolute Gasteiger partial charge is 0.350 e. The molecule has 0 bridgehead atoms. The zero-order chi connectivity index (χ0) is 21.0. The Hall–Kier alpha value is -1.80. The van der Waals surface area contributed by atoms with Crippen LogP contribution in [0.4, 0.5) is 5.69 Å². The van der Waals surface area contributed by atoms with Crippen molar-refractivity contribution in [1.29, 1.82) is 0 Å². The standard InChI is InChI=1S/C20H23Cl2N3O3S/c1-2-25-11-3-4-17(25)13-23-20(26)14-5-10-18(22)19(12-14)29(27,28)24-16-8-6-15(21)7-9-16/h5-10,12,17,24H,2-4,11,13H2,1H3,(H,23,26). The van der Waals surface area contributed by atoms with Crippen LogP contribution in [0.2, 0.25) is 10.0 Å². The van der Waals surface area contributed by atoms with Crippen molar-refractivity contribution >= 4 is 44.8 Å². The number of amides is 1. The SMILES string of the molecule is CCN1CCCC1CNC(=O)c1ccc(Cl)c(S(=O)(=O)Nc2ccc(Cl)cc2)c1. The third-order valence-electron chi connectivity index (χ3n) is 4.98. The average molecular weight is 456 g/mol. The van der Waals surface area contributed by atoms with E-state index in [1.807, 2.05) is 0 Å². The molecule has 29 heavy (non-hydrogen) atoms. The van der Waals surface area contributed by atoms with Gasteiger partial charge in [-0.2, -0.15) is 0 Å². The third-order valence-corrected chi connectivity index (χ3v) is 7.10. The van der Waals surface area contributed by atoms with E-state index < -0.39 is 10.0 Å². The maximum absolute atomic E-state index is 12.8. The van der Waals surface area contributed by atoms with Crippen molar-refractivity contribution in [2.24, 2.45) is 0 Å². The molecule has 1 heterocycles. The van der Waals surface area contributed by atoms with Gasteiger partial charge in [0, 0.05) is 28.9 Å². The summed E-state index contributed by atoms with van der Waals surface area (Å²) < 4.78 is 28.0. The summed E-state index contributed by atoms with van der Waals surface area (Å²) in [5, 5.41) is 3.44. The smallest absolute Gasteiger partial charge is 0.263 e. The molecule has 2 aromatic rings. The van der Waals surface area contributed by atoms with Gasteiger partial charge >= 0.3 is 0 Å². The Bertz CT molecular complexity index is 981. The van der Waals surface area contributed by atoms with Crippen molar-refractivity contribution in [3.05, 3.63) is 58.1 Å². The van der Waals surface area contributed by atoms with Gasteiger partial charge in [0.15, 0.2) is 0 Å². The molecule has 1 atom stereocenters. The number of rotatable bonds is 7. The maximum Gasteiger partial charge on any atom is 0.263 e. The predicted molar refractivity (Wildman–Crippen MR) is 116 cm³/mol. The number of likely N-dealkylation sites (tertiary alicyclic amines) is 1. The van der Waals surface area contributed by atoms with Gasteiger partial charge in [0.1, 0.15) is 4.90 Å². The monoisotopic (exact) mass is 455 g/mol. The number of halogens is 2. The molecule has 0 aromatic heterocycles. The highest BCUT2D eigenvalue weighted by Gasteiger charge is 2.24. The van der Waals surface area contributed by atoms with E-state index in [2.05, 4.69) is 21.9 Å². The predicted octanol–water partition coefficient (Wildman–Crippen LogP) is 4.01. The fourth-order valence-corrected chi connectivity index (χ4v) is 5.15. The van der Waals surface area contributed by atoms with Gasteiger partial charge in [-0.25, -0.2) is 8.42 Å². The van der Waals surface area contributed by atoms with Crippen molar-refractivity contribution in [3.8, 4) is 0 Å². The van der Waals surface area contributed by atoms with E-state index in [0.717, 1.165) is 25.9 Å². The average Bonchev–Trinajstić information content (AvgIpc) is 3.15. The van der Waals surface area contributed by atoms with E-state index in [1.54, 1.807) is 24.3 Å². The topological polar surface area (TPSA) is 78.5 Å². The van der Waals surface area contributed by atoms with Crippen LogP contribution < -0.4 is 10.0 Å². The molecule has 0 spiro atoms. The second-order valence-corrected chi connectivity index (χ2v) is 9.39. The number of carbonyl (C=O) groups is 1. The lowest BCUT2D eigenvalue weighted by molar-refractivity contribution is 0.0941. The minimum Gasteiger partial charge on any atom is -0.350 e. The molecular formula is C20H23Cl2N3O3S. The van der Waals surface area contributed by atoms with E-state index in [-0.39, 0.29) is 21.4 Å². The minimum atomic E-state index is -3.97. The van der Waals surface area contributed by atoms with Gasteiger partial charge in [0.2, 0.25) is 0 Å². The van der Waals surface area contributed by atoms with Gasteiger partial charge in [-0.1, -0.05) is 30.1 Å². The molecule has 3 rings (SSSR count). The lowest BCUT2D eigenvalue weighted by Crippen LogP contribution is -2.40. The molecule has 9 heteroatoms. The molecular weight excluding hydrogens is 433 g/mol. The van der Waals surface area contributed by atoms with Crippen LogP contribution in [0.3, 0.4) is 0 Å². The van der Waals surface area contributed by atoms with Crippen LogP contribution in [0.15, 0.2) is 47.4 Å². The molecule has 156 valence electrons. The number of hydrogen-bond acceptors (Lipinski definition) is 4. The first-order valence-corrected chi connectivity index (χ1v) is 11.6. The summed E-state index contributed by atoms with van der Waals surface area (Å²) in [6.45, 7) is 4.61. The number of anilines is 1. The van der Waals surface area contributed by atoms with Gasteiger partial charge < -0.3 is 5.32 Å². The normalized spacial score (nSPS) is 17.3. The summed E-state index contributed by atoms with van der Waals surface area (Å²) in [5.41, 5.74) is 0.591. The first kappa shape index (κ1) is 21.9. The summed E-state index contributed by atoms with van der Waals surface area (Å²) in [6, 6.07) is 10.8. The molecule has 1 saturated heterocycles. The molecule has 6 nitrogen and oxygen atoms in total. The Kier molecular flexibility index (Phi) is 7.05. The Morgan fingerprint density at radius 2 is 1.90 bits per heavy atom. The van der Waals surface area contributed by atoms with Crippen molar-refractivity contribution in [2.75, 3.05) is 24.4 Å². The van der Waals surface area contributed by atoms with Crippen molar-refractivity contribution in [1.82, 2.24) is 10.2 Å². The fourth-order valence-electron chi connectivity index (χ4n) is 3.43. The number of sulfonamides is 1. The Morgan fingerprint density at radius 3 is 2.59 bits per heavy atom. The number of likely N-dealkylation sites (N-methyl/N-ethyl adjacent to an activating group) is 1. The van der Waals surface area contributed by atoms with Gasteiger partial charge in [-0.3, -0.25) is 14.4 Å². The van der Waals surface area contributed by atoms with Crippen molar-refractivity contribution in [2.45, 2.75) is 30.7 Å². The quantitative estimate of drug-likeness (QED) is 0.660. The third kappa shape index (κ3) is 5.42. The van der Waals surface area contributed by atoms with E-state index >= 15 is 0 Å². The summed E-state index contributed by atoms with van der Waals surface area (Å²) in [6.07, 6.45) is 2.16. The van der Waals surface area contributed by atoms with Gasteiger partial charge in [-0.05, 0) is 68.4 Å². The van der Waals surface area contributed by atoms with Gasteiger partial charge in [0.25, 0.3) is 15.9 Å². The van der Waals surface area contributed by atoms with E-state index in [1.165, 1.54) is 18.2 Å². The van der Waals surface area contributed by atoms with Crippen LogP contribution in [0.25, 0.3) is 0 Å². The van der Waals surface area contributed by atoms with E-state index in [9.17, 15) is 13.2 Å². The second kappa shape index (κ2) is 9.34. The zero-order valence-corrected chi connectivity index (χ0v) is 18.3. The molecule has 0 aliphatic carbocycles. The molecule has 1 fully saturated rings. The number of nitrogens with one attached hydrogen (secondary N) is 2. The molecule has 2 N–H and O–H groups in total. The molecule has 1 aliphatic heterocycles. The highest BCUT2D eigenvalue weighted by Crippen LogP contribution is 2.26. The first-order chi connectivity index (χ1) is 13.8. The molecule has 1 aliphatic rings. The number of carbonyl (C=O) groups excluding carboxylic acids is 1. The van der Waals surface area contributed by atoms with E-state index in [0.29, 0.717) is 23.3 Å². The zero-order valence-electron chi connectivity index (χ0n) is 16.0. The first-order valence-electron chi connectivity index (χ1n) is 9.40. The van der Waals surface area contributed by atoms with Crippen LogP contribution >= 0.6 is 23.2 Å². The highest BCUT2D eigenvalue weighted by molar-refractivity contribution is 7.92. The van der Waals surface area contributed by atoms with Crippen LogP contribution in [0.5, 0.6) is 0 Å². The highest BCUT2D eigenvalue weighted by atomic mass is 35.5. The van der Waals surface area contributed by atoms with Gasteiger partial charge in [-0.15, -0.1) is 0 Å². The fraction of sp³-hybridized carbons (Fsp3) is 0.350. The maximum atomic E-state index is 12.8. The Labute approximate surface area is 181 Å². The molecule has 2 aromatic carbocycles. The molecule has 1 amide bonds. The molecule has 0 saturated carbocycles. The van der Waals surface area contributed by atoms with Crippen LogP contribution in [-0.4, -0.2) is 44.9 Å². The number of nitrogens with zero attached hydrogens (tertiary/aromatic N) is 1. The Morgan fingerprint density at radius 1 is 1.17 bits per heavy atom. The van der Waals surface area contributed by atoms with Crippen LogP contribution in [0.1, 0.15) is 30.1 Å². The summed E-state index contributed by atoms with van der Waals surface area (Å²) in [7, 11) is -3.97. The lowest BCUT2D eigenvalue weighted by atomic mass is 10.2. The summed E-state index contributed by atoms with van der Waals surface area (Å²) in [5.74, 6) is -0.326. The van der Waals surface area contributed by atoms with Crippen LogP contribution in [0, 0.1) is 0 Å². The Balaban J connectivity index is 1.74. The number of benzene rings is 2. The van der Waals surface area contributed by atoms with Gasteiger partial charge in [0.05, 0.1) is 5.02 Å². The van der Waals surface area contributed by atoms with E-state index in [4.69, 9.17) is 23.2 Å². The summed E-state index contributed by atoms with van der Waals surface area (Å²) in [4.78, 5) is 14.8. The second-order valence-electron chi connectivity index (χ2n) is 6.89. The van der Waals surface area contributed by atoms with Crippen molar-refractivity contribution in [3.63, 3.8) is 0 Å². The minimum absolute atomic E-state index is 0.0379. The van der Waals surface area contributed by atoms with Crippen LogP contribution in [-0.2, 0) is 10.0 Å². The molecule has 0 radical (unpaired) electrons. The number of hydrogen-bond donors (Lipinski definition) is 2. The lowest BCUT2D eigenvalue weighted by Gasteiger charge is -2.22. The molecule has 1 unspecified atom stereocenters. The van der Waals surface area contributed by atoms with Crippen molar-refractivity contribution < 1.29 is 13.2 Å².